The number of oxazole rings is 1. The van der Waals surface area contributed by atoms with Crippen LogP contribution in [0.4, 0.5) is 8.78 Å². The van der Waals surface area contributed by atoms with E-state index in [9.17, 15) is 8.78 Å². The Morgan fingerprint density at radius 2 is 1.67 bits per heavy atom. The van der Waals surface area contributed by atoms with Gasteiger partial charge in [-0.1, -0.05) is 15.9 Å². The van der Waals surface area contributed by atoms with Crippen LogP contribution in [0.3, 0.4) is 0 Å². The van der Waals surface area contributed by atoms with Gasteiger partial charge in [-0.2, -0.15) is 0 Å². The van der Waals surface area contributed by atoms with E-state index in [1.165, 1.54) is 0 Å². The molecular weight excluding hydrogens is 304 g/mol. The number of rotatable bonds is 1. The molecule has 0 amide bonds. The maximum Gasteiger partial charge on any atom is 0.227 e. The van der Waals surface area contributed by atoms with Crippen LogP contribution >= 0.6 is 15.9 Å². The first-order valence-corrected chi connectivity index (χ1v) is 5.94. The van der Waals surface area contributed by atoms with E-state index in [4.69, 9.17) is 4.42 Å². The molecule has 2 nitrogen and oxygen atoms in total. The Morgan fingerprint density at radius 1 is 1.00 bits per heavy atom. The molecule has 0 unspecified atom stereocenters. The third kappa shape index (κ3) is 1.90. The molecule has 0 spiro atoms. The van der Waals surface area contributed by atoms with Crippen molar-refractivity contribution in [1.82, 2.24) is 4.98 Å². The number of hydrogen-bond donors (Lipinski definition) is 0. The first-order valence-electron chi connectivity index (χ1n) is 5.15. The molecule has 5 heteroatoms. The van der Waals surface area contributed by atoms with Crippen LogP contribution in [0.25, 0.3) is 22.6 Å². The summed E-state index contributed by atoms with van der Waals surface area (Å²) in [5.74, 6) is -1.54. The SMILES string of the molecule is Fc1cc2nc(-c3ccc(Br)cc3)oc2cc1F. The standard InChI is InChI=1S/C13H6BrF2NO/c14-8-3-1-7(2-4-8)13-17-11-5-9(15)10(16)6-12(11)18-13/h1-6H. The van der Waals surface area contributed by atoms with Crippen molar-refractivity contribution in [3.63, 3.8) is 0 Å². The number of aromatic nitrogens is 1. The monoisotopic (exact) mass is 309 g/mol. The van der Waals surface area contributed by atoms with Crippen LogP contribution in [0, 0.1) is 11.6 Å². The lowest BCUT2D eigenvalue weighted by atomic mass is 10.2. The molecule has 0 aliphatic heterocycles. The van der Waals surface area contributed by atoms with Crippen molar-refractivity contribution in [2.24, 2.45) is 0 Å². The second-order valence-corrected chi connectivity index (χ2v) is 4.68. The van der Waals surface area contributed by atoms with E-state index in [1.54, 1.807) is 0 Å². The van der Waals surface area contributed by atoms with Crippen molar-refractivity contribution in [2.45, 2.75) is 0 Å². The lowest BCUT2D eigenvalue weighted by molar-refractivity contribution is 0.507. The van der Waals surface area contributed by atoms with Gasteiger partial charge in [0.1, 0.15) is 5.52 Å². The van der Waals surface area contributed by atoms with E-state index in [-0.39, 0.29) is 5.58 Å². The minimum atomic E-state index is -0.944. The molecule has 1 aromatic heterocycles. The van der Waals surface area contributed by atoms with Gasteiger partial charge in [0.2, 0.25) is 5.89 Å². The molecule has 2 aromatic carbocycles. The van der Waals surface area contributed by atoms with E-state index in [1.807, 2.05) is 24.3 Å². The van der Waals surface area contributed by atoms with Crippen LogP contribution in [0.1, 0.15) is 0 Å². The van der Waals surface area contributed by atoms with Crippen molar-refractivity contribution in [2.75, 3.05) is 0 Å². The molecule has 0 saturated carbocycles. The zero-order chi connectivity index (χ0) is 12.7. The molecule has 3 aromatic rings. The molecule has 0 saturated heterocycles. The average molecular weight is 310 g/mol. The molecule has 0 atom stereocenters. The van der Waals surface area contributed by atoms with E-state index in [0.717, 1.165) is 22.2 Å². The smallest absolute Gasteiger partial charge is 0.227 e. The van der Waals surface area contributed by atoms with Crippen LogP contribution in [-0.4, -0.2) is 4.98 Å². The molecule has 90 valence electrons. The summed E-state index contributed by atoms with van der Waals surface area (Å²) in [6.07, 6.45) is 0. The second kappa shape index (κ2) is 4.17. The highest BCUT2D eigenvalue weighted by Gasteiger charge is 2.12. The average Bonchev–Trinajstić information content (AvgIpc) is 2.73. The number of nitrogens with zero attached hydrogens (tertiary/aromatic N) is 1. The number of fused-ring (bicyclic) bond motifs is 1. The largest absolute Gasteiger partial charge is 0.436 e. The van der Waals surface area contributed by atoms with Gasteiger partial charge in [-0.3, -0.25) is 0 Å². The zero-order valence-corrected chi connectivity index (χ0v) is 10.5. The number of halogens is 3. The third-order valence-electron chi connectivity index (χ3n) is 2.52. The Labute approximate surface area is 109 Å². The molecule has 1 heterocycles. The summed E-state index contributed by atoms with van der Waals surface area (Å²) in [4.78, 5) is 4.13. The number of benzene rings is 2. The van der Waals surface area contributed by atoms with E-state index in [2.05, 4.69) is 20.9 Å². The molecule has 18 heavy (non-hydrogen) atoms. The normalized spacial score (nSPS) is 11.1. The highest BCUT2D eigenvalue weighted by Crippen LogP contribution is 2.26. The summed E-state index contributed by atoms with van der Waals surface area (Å²) in [7, 11) is 0. The van der Waals surface area contributed by atoms with Crippen LogP contribution in [0.5, 0.6) is 0 Å². The lowest BCUT2D eigenvalue weighted by Gasteiger charge is -1.94. The predicted octanol–water partition coefficient (Wildman–Crippen LogP) is 4.54. The second-order valence-electron chi connectivity index (χ2n) is 3.76. The van der Waals surface area contributed by atoms with E-state index >= 15 is 0 Å². The van der Waals surface area contributed by atoms with Gasteiger partial charge >= 0.3 is 0 Å². The maximum atomic E-state index is 13.1. The van der Waals surface area contributed by atoms with Gasteiger partial charge in [-0.25, -0.2) is 13.8 Å². The summed E-state index contributed by atoms with van der Waals surface area (Å²) in [5.41, 5.74) is 1.27. The van der Waals surface area contributed by atoms with Crippen molar-refractivity contribution in [3.05, 3.63) is 52.5 Å². The Kier molecular flexibility index (Phi) is 2.63. The Bertz CT molecular complexity index is 683. The molecule has 0 radical (unpaired) electrons. The summed E-state index contributed by atoms with van der Waals surface area (Å²) in [5, 5.41) is 0. The van der Waals surface area contributed by atoms with Crippen LogP contribution in [0.15, 0.2) is 45.3 Å². The molecular formula is C13H6BrF2NO. The van der Waals surface area contributed by atoms with E-state index < -0.39 is 11.6 Å². The van der Waals surface area contributed by atoms with Crippen LogP contribution < -0.4 is 0 Å². The van der Waals surface area contributed by atoms with Gasteiger partial charge in [0.05, 0.1) is 0 Å². The number of hydrogen-bond acceptors (Lipinski definition) is 2. The van der Waals surface area contributed by atoms with Gasteiger partial charge in [0, 0.05) is 22.2 Å². The Balaban J connectivity index is 2.16. The Hall–Kier alpha value is -1.75. The van der Waals surface area contributed by atoms with Gasteiger partial charge in [0.25, 0.3) is 0 Å². The van der Waals surface area contributed by atoms with Crippen molar-refractivity contribution >= 4 is 27.0 Å². The maximum absolute atomic E-state index is 13.1. The topological polar surface area (TPSA) is 26.0 Å². The summed E-state index contributed by atoms with van der Waals surface area (Å²) >= 11 is 3.32. The van der Waals surface area contributed by atoms with Crippen molar-refractivity contribution in [1.29, 1.82) is 0 Å². The molecule has 0 fully saturated rings. The van der Waals surface area contributed by atoms with Gasteiger partial charge < -0.3 is 4.42 Å². The van der Waals surface area contributed by atoms with Crippen LogP contribution in [0.2, 0.25) is 0 Å². The predicted molar refractivity (Wildman–Crippen MR) is 67.1 cm³/mol. The Morgan fingerprint density at radius 3 is 2.39 bits per heavy atom. The zero-order valence-electron chi connectivity index (χ0n) is 8.95. The quantitative estimate of drug-likeness (QED) is 0.660. The molecule has 0 aliphatic carbocycles. The molecule has 3 rings (SSSR count). The summed E-state index contributed by atoms with van der Waals surface area (Å²) in [6, 6.07) is 9.32. The summed E-state index contributed by atoms with van der Waals surface area (Å²) in [6.45, 7) is 0. The molecule has 0 bridgehead atoms. The first kappa shape index (κ1) is 11.3. The fourth-order valence-electron chi connectivity index (χ4n) is 1.64. The first-order chi connectivity index (χ1) is 8.63. The lowest BCUT2D eigenvalue weighted by Crippen LogP contribution is -1.81. The summed E-state index contributed by atoms with van der Waals surface area (Å²) < 4.78 is 32.4. The van der Waals surface area contributed by atoms with Gasteiger partial charge in [-0.05, 0) is 24.3 Å². The third-order valence-corrected chi connectivity index (χ3v) is 3.05. The molecule has 0 aliphatic rings. The minimum absolute atomic E-state index is 0.229. The highest BCUT2D eigenvalue weighted by atomic mass is 79.9. The van der Waals surface area contributed by atoms with Crippen molar-refractivity contribution < 1.29 is 13.2 Å². The van der Waals surface area contributed by atoms with Gasteiger partial charge in [0.15, 0.2) is 17.2 Å². The fourth-order valence-corrected chi connectivity index (χ4v) is 1.90. The highest BCUT2D eigenvalue weighted by molar-refractivity contribution is 9.10. The van der Waals surface area contributed by atoms with Crippen molar-refractivity contribution in [3.8, 4) is 11.5 Å². The van der Waals surface area contributed by atoms with Crippen LogP contribution in [-0.2, 0) is 0 Å². The minimum Gasteiger partial charge on any atom is -0.436 e. The van der Waals surface area contributed by atoms with Gasteiger partial charge in [-0.15, -0.1) is 0 Å². The van der Waals surface area contributed by atoms with E-state index in [0.29, 0.717) is 11.4 Å². The molecule has 0 N–H and O–H groups in total. The fraction of sp³-hybridized carbons (Fsp3) is 0.